The van der Waals surface area contributed by atoms with Crippen LogP contribution >= 0.6 is 0 Å². The Morgan fingerprint density at radius 2 is 1.96 bits per heavy atom. The lowest BCUT2D eigenvalue weighted by Crippen LogP contribution is -2.71. The Labute approximate surface area is 155 Å². The highest BCUT2D eigenvalue weighted by molar-refractivity contribution is 5.96. The first kappa shape index (κ1) is 16.5. The van der Waals surface area contributed by atoms with Crippen LogP contribution in [0.2, 0.25) is 0 Å². The number of nitrogens with one attached hydrogen (secondary N) is 1. The smallest absolute Gasteiger partial charge is 0.312 e. The predicted octanol–water partition coefficient (Wildman–Crippen LogP) is 1.55. The van der Waals surface area contributed by atoms with Gasteiger partial charge in [-0.15, -0.1) is 0 Å². The largest absolute Gasteiger partial charge is 0.423 e. The molecule has 2 aromatic heterocycles. The second-order valence-corrected chi connectivity index (χ2v) is 7.53. The Kier molecular flexibility index (Phi) is 3.63. The van der Waals surface area contributed by atoms with Gasteiger partial charge >= 0.3 is 12.0 Å². The van der Waals surface area contributed by atoms with Crippen molar-refractivity contribution in [2.75, 3.05) is 36.5 Å². The van der Waals surface area contributed by atoms with E-state index in [1.165, 1.54) is 6.20 Å². The van der Waals surface area contributed by atoms with E-state index < -0.39 is 11.0 Å². The van der Waals surface area contributed by atoms with Crippen molar-refractivity contribution < 1.29 is 23.8 Å². The van der Waals surface area contributed by atoms with Crippen molar-refractivity contribution >= 4 is 17.7 Å². The first-order valence-electron chi connectivity index (χ1n) is 9.00. The lowest BCUT2D eigenvalue weighted by molar-refractivity contribution is -0.247. The molecule has 1 amide bonds. The summed E-state index contributed by atoms with van der Waals surface area (Å²) in [7, 11) is 0. The zero-order chi connectivity index (χ0) is 18.5. The van der Waals surface area contributed by atoms with Crippen molar-refractivity contribution in [2.24, 2.45) is 5.41 Å². The number of oxazole rings is 1. The summed E-state index contributed by atoms with van der Waals surface area (Å²) in [6.07, 6.45) is 4.56. The van der Waals surface area contributed by atoms with Crippen LogP contribution in [0.25, 0.3) is 0 Å². The second-order valence-electron chi connectivity index (χ2n) is 7.53. The molecule has 6 rings (SSSR count). The average molecular weight is 372 g/mol. The van der Waals surface area contributed by atoms with Gasteiger partial charge in [0.1, 0.15) is 17.8 Å². The molecule has 3 heterocycles. The molecule has 4 fully saturated rings. The molecule has 142 valence electrons. The third kappa shape index (κ3) is 2.92. The number of carbonyl (C=O) groups excluding carboxylic acids is 1. The molecule has 0 aromatic carbocycles. The Bertz CT molecular complexity index is 839. The number of carbonyl (C=O) groups is 1. The molecule has 2 aromatic rings. The Morgan fingerprint density at radius 1 is 1.19 bits per heavy atom. The number of pyridine rings is 1. The van der Waals surface area contributed by atoms with Crippen LogP contribution in [0.4, 0.5) is 11.8 Å². The number of hydrogen-bond donors (Lipinski definition) is 2. The maximum Gasteiger partial charge on any atom is 0.312 e. The highest BCUT2D eigenvalue weighted by Gasteiger charge is 2.71. The Morgan fingerprint density at radius 3 is 2.63 bits per heavy atom. The summed E-state index contributed by atoms with van der Waals surface area (Å²) in [4.78, 5) is 22.8. The van der Waals surface area contributed by atoms with Crippen LogP contribution in [0.5, 0.6) is 11.7 Å². The molecule has 9 heteroatoms. The van der Waals surface area contributed by atoms with E-state index >= 15 is 0 Å². The average Bonchev–Trinajstić information content (AvgIpc) is 3.06. The number of anilines is 2. The standard InChI is InChI=1S/C18H20N4O5/c23-15(17-9-18(24,10-17)11-17)21-16-20-8-14(27-16)26-12-1-2-13(19-7-12)22-3-5-25-6-4-22/h1-2,7-8,24H,3-6,9-11H2,(H,20,21,23). The molecular formula is C18H20N4O5. The molecule has 0 unspecified atom stereocenters. The fraction of sp³-hybridized carbons (Fsp3) is 0.500. The summed E-state index contributed by atoms with van der Waals surface area (Å²) in [5, 5.41) is 12.4. The van der Waals surface area contributed by atoms with Crippen LogP contribution in [0.15, 0.2) is 28.9 Å². The molecule has 2 bridgehead atoms. The molecule has 0 radical (unpaired) electrons. The van der Waals surface area contributed by atoms with E-state index in [9.17, 15) is 9.90 Å². The van der Waals surface area contributed by atoms with Crippen LogP contribution in [0.3, 0.4) is 0 Å². The van der Waals surface area contributed by atoms with E-state index in [-0.39, 0.29) is 17.9 Å². The minimum absolute atomic E-state index is 0.0876. The van der Waals surface area contributed by atoms with E-state index in [1.54, 1.807) is 12.3 Å². The molecule has 1 aliphatic heterocycles. The van der Waals surface area contributed by atoms with Gasteiger partial charge in [0.15, 0.2) is 0 Å². The van der Waals surface area contributed by atoms with Crippen LogP contribution in [-0.2, 0) is 9.53 Å². The van der Waals surface area contributed by atoms with E-state index in [2.05, 4.69) is 20.2 Å². The predicted molar refractivity (Wildman–Crippen MR) is 93.7 cm³/mol. The normalized spacial score (nSPS) is 28.9. The van der Waals surface area contributed by atoms with Gasteiger partial charge in [0.25, 0.3) is 0 Å². The molecular weight excluding hydrogens is 352 g/mol. The Hall–Kier alpha value is -2.65. The van der Waals surface area contributed by atoms with Crippen molar-refractivity contribution in [1.82, 2.24) is 9.97 Å². The molecule has 3 aliphatic carbocycles. The van der Waals surface area contributed by atoms with Gasteiger partial charge < -0.3 is 23.9 Å². The maximum absolute atomic E-state index is 12.3. The zero-order valence-electron chi connectivity index (χ0n) is 14.7. The van der Waals surface area contributed by atoms with Crippen LogP contribution < -0.4 is 15.0 Å². The first-order chi connectivity index (χ1) is 13.0. The number of nitrogens with zero attached hydrogens (tertiary/aromatic N) is 3. The summed E-state index contributed by atoms with van der Waals surface area (Å²) in [6, 6.07) is 3.78. The van der Waals surface area contributed by atoms with Crippen molar-refractivity contribution in [2.45, 2.75) is 24.9 Å². The lowest BCUT2D eigenvalue weighted by Gasteiger charge is -2.65. The van der Waals surface area contributed by atoms with Gasteiger partial charge in [-0.25, -0.2) is 4.98 Å². The topological polar surface area (TPSA) is 110 Å². The van der Waals surface area contributed by atoms with Crippen molar-refractivity contribution in [1.29, 1.82) is 0 Å². The second kappa shape index (κ2) is 5.93. The van der Waals surface area contributed by atoms with Crippen molar-refractivity contribution in [3.05, 3.63) is 24.5 Å². The number of amides is 1. The monoisotopic (exact) mass is 372 g/mol. The maximum atomic E-state index is 12.3. The highest BCUT2D eigenvalue weighted by Crippen LogP contribution is 2.67. The van der Waals surface area contributed by atoms with E-state index in [0.717, 1.165) is 18.9 Å². The molecule has 27 heavy (non-hydrogen) atoms. The number of rotatable bonds is 5. The molecule has 2 N–H and O–H groups in total. The SMILES string of the molecule is O=C(Nc1ncc(Oc2ccc(N3CCOCC3)nc2)o1)C12CC(O)(C1)C2. The van der Waals surface area contributed by atoms with Gasteiger partial charge in [-0.2, -0.15) is 4.98 Å². The lowest BCUT2D eigenvalue weighted by atomic mass is 9.41. The van der Waals surface area contributed by atoms with E-state index in [1.807, 2.05) is 6.07 Å². The number of morpholine rings is 1. The molecule has 1 saturated heterocycles. The minimum atomic E-state index is -0.622. The summed E-state index contributed by atoms with van der Waals surface area (Å²) < 4.78 is 16.4. The summed E-state index contributed by atoms with van der Waals surface area (Å²) in [5.74, 6) is 1.39. The van der Waals surface area contributed by atoms with Gasteiger partial charge in [-0.1, -0.05) is 0 Å². The van der Waals surface area contributed by atoms with Crippen LogP contribution in [0.1, 0.15) is 19.3 Å². The number of ether oxygens (including phenoxy) is 2. The number of aromatic nitrogens is 2. The van der Waals surface area contributed by atoms with E-state index in [0.29, 0.717) is 38.2 Å². The summed E-state index contributed by atoms with van der Waals surface area (Å²) >= 11 is 0. The van der Waals surface area contributed by atoms with Crippen LogP contribution in [0, 0.1) is 5.41 Å². The molecule has 0 spiro atoms. The van der Waals surface area contributed by atoms with Crippen molar-refractivity contribution in [3.63, 3.8) is 0 Å². The molecule has 4 aliphatic rings. The van der Waals surface area contributed by atoms with Crippen molar-refractivity contribution in [3.8, 4) is 11.7 Å². The zero-order valence-corrected chi connectivity index (χ0v) is 14.7. The van der Waals surface area contributed by atoms with E-state index in [4.69, 9.17) is 13.9 Å². The minimum Gasteiger partial charge on any atom is -0.423 e. The Balaban J connectivity index is 1.18. The third-order valence-corrected chi connectivity index (χ3v) is 5.46. The summed E-state index contributed by atoms with van der Waals surface area (Å²) in [6.45, 7) is 3.04. The van der Waals surface area contributed by atoms with Gasteiger partial charge in [-0.05, 0) is 31.4 Å². The highest BCUT2D eigenvalue weighted by atomic mass is 16.6. The quantitative estimate of drug-likeness (QED) is 0.814. The first-order valence-corrected chi connectivity index (χ1v) is 9.00. The number of aliphatic hydroxyl groups is 1. The van der Waals surface area contributed by atoms with Gasteiger partial charge in [0.05, 0.1) is 30.4 Å². The fourth-order valence-corrected chi connectivity index (χ4v) is 4.10. The molecule has 9 nitrogen and oxygen atoms in total. The van der Waals surface area contributed by atoms with Gasteiger partial charge in [0, 0.05) is 13.1 Å². The fourth-order valence-electron chi connectivity index (χ4n) is 4.10. The third-order valence-electron chi connectivity index (χ3n) is 5.46. The molecule has 0 atom stereocenters. The van der Waals surface area contributed by atoms with Gasteiger partial charge in [-0.3, -0.25) is 10.1 Å². The number of hydrogen-bond acceptors (Lipinski definition) is 8. The summed E-state index contributed by atoms with van der Waals surface area (Å²) in [5.41, 5.74) is -1.08. The van der Waals surface area contributed by atoms with Crippen LogP contribution in [-0.4, -0.2) is 52.9 Å². The van der Waals surface area contributed by atoms with Gasteiger partial charge in [0.2, 0.25) is 5.91 Å². The molecule has 3 saturated carbocycles.